The number of amides is 1. The van der Waals surface area contributed by atoms with Gasteiger partial charge in [0, 0.05) is 42.5 Å². The van der Waals surface area contributed by atoms with Gasteiger partial charge in [-0.05, 0) is 93.2 Å². The molecule has 40 heavy (non-hydrogen) atoms. The average Bonchev–Trinajstić information content (AvgIpc) is 3.23. The molecule has 0 bridgehead atoms. The summed E-state index contributed by atoms with van der Waals surface area (Å²) in [7, 11) is 4.12. The molecule has 4 aromatic rings. The molecule has 2 N–H and O–H groups in total. The van der Waals surface area contributed by atoms with Gasteiger partial charge in [0.05, 0.1) is 11.0 Å². The van der Waals surface area contributed by atoms with E-state index in [1.165, 1.54) is 0 Å². The first-order valence-corrected chi connectivity index (χ1v) is 14.3. The number of aryl methyl sites for hydroxylation is 1. The highest BCUT2D eigenvalue weighted by Crippen LogP contribution is 2.31. The quantitative estimate of drug-likeness (QED) is 0.223. The second-order valence-electron chi connectivity index (χ2n) is 11.0. The van der Waals surface area contributed by atoms with E-state index in [0.29, 0.717) is 35.6 Å². The van der Waals surface area contributed by atoms with Crippen molar-refractivity contribution in [2.24, 2.45) is 13.0 Å². The summed E-state index contributed by atoms with van der Waals surface area (Å²) in [5, 5.41) is 7.10. The van der Waals surface area contributed by atoms with Crippen LogP contribution in [-0.4, -0.2) is 45.5 Å². The lowest BCUT2D eigenvalue weighted by Gasteiger charge is -2.28. The smallest absolute Gasteiger partial charge is 0.225 e. The first-order valence-electron chi connectivity index (χ1n) is 13.9. The van der Waals surface area contributed by atoms with Gasteiger partial charge in [-0.2, -0.15) is 0 Å². The Hall–Kier alpha value is -3.62. The standard InChI is InChI=1S/C31H37ClN6O2/c1-20(2)25-17-22(6-8-26(25)32)34-31-35-27-18-23(7-9-28(27)38(31)4)40-24-11-14-33-29(19-24)36-30(39)10-5-21-12-15-37(3)16-13-21/h6-9,11,14,17-21H,5,10,12-13,15-16H2,1-4H3,(H,34,35)(H,33,36,39). The Labute approximate surface area is 240 Å². The third-order valence-corrected chi connectivity index (χ3v) is 7.92. The summed E-state index contributed by atoms with van der Waals surface area (Å²) in [6.45, 7) is 6.46. The molecule has 1 saturated heterocycles. The van der Waals surface area contributed by atoms with E-state index in [9.17, 15) is 4.79 Å². The van der Waals surface area contributed by atoms with Gasteiger partial charge >= 0.3 is 0 Å². The fraction of sp³-hybridized carbons (Fsp3) is 0.387. The van der Waals surface area contributed by atoms with Gasteiger partial charge in [0.25, 0.3) is 0 Å². The van der Waals surface area contributed by atoms with Gasteiger partial charge in [0.1, 0.15) is 17.3 Å². The van der Waals surface area contributed by atoms with Crippen LogP contribution in [0.2, 0.25) is 5.02 Å². The van der Waals surface area contributed by atoms with Gasteiger partial charge in [-0.1, -0.05) is 25.4 Å². The van der Waals surface area contributed by atoms with Crippen molar-refractivity contribution in [1.82, 2.24) is 19.4 Å². The second kappa shape index (κ2) is 12.3. The summed E-state index contributed by atoms with van der Waals surface area (Å²) in [4.78, 5) is 24.0. The maximum atomic E-state index is 12.5. The van der Waals surface area contributed by atoms with E-state index in [1.54, 1.807) is 18.3 Å². The number of fused-ring (bicyclic) bond motifs is 1. The molecule has 0 atom stereocenters. The van der Waals surface area contributed by atoms with Gasteiger partial charge in [-0.15, -0.1) is 0 Å². The van der Waals surface area contributed by atoms with Crippen molar-refractivity contribution in [1.29, 1.82) is 0 Å². The van der Waals surface area contributed by atoms with Gasteiger partial charge < -0.3 is 24.8 Å². The lowest BCUT2D eigenvalue weighted by Crippen LogP contribution is -2.30. The van der Waals surface area contributed by atoms with E-state index in [1.807, 2.05) is 41.9 Å². The Balaban J connectivity index is 1.23. The lowest BCUT2D eigenvalue weighted by atomic mass is 9.92. The number of rotatable bonds is 9. The number of nitrogens with zero attached hydrogens (tertiary/aromatic N) is 4. The Kier molecular flexibility index (Phi) is 8.57. The van der Waals surface area contributed by atoms with Crippen molar-refractivity contribution in [3.63, 3.8) is 0 Å². The number of ether oxygens (including phenoxy) is 1. The molecule has 1 fully saturated rings. The van der Waals surface area contributed by atoms with Crippen molar-refractivity contribution in [2.75, 3.05) is 30.8 Å². The van der Waals surface area contributed by atoms with Crippen molar-refractivity contribution in [3.8, 4) is 11.5 Å². The Morgan fingerprint density at radius 2 is 1.85 bits per heavy atom. The molecule has 0 saturated carbocycles. The number of hydrogen-bond donors (Lipinski definition) is 2. The molecular weight excluding hydrogens is 524 g/mol. The highest BCUT2D eigenvalue weighted by Gasteiger charge is 2.18. The third kappa shape index (κ3) is 6.74. The first-order chi connectivity index (χ1) is 19.2. The maximum Gasteiger partial charge on any atom is 0.225 e. The third-order valence-electron chi connectivity index (χ3n) is 7.58. The van der Waals surface area contributed by atoms with Crippen molar-refractivity contribution in [3.05, 3.63) is 65.3 Å². The fourth-order valence-corrected chi connectivity index (χ4v) is 5.45. The molecule has 0 radical (unpaired) electrons. The highest BCUT2D eigenvalue weighted by atomic mass is 35.5. The van der Waals surface area contributed by atoms with Crippen LogP contribution in [0.4, 0.5) is 17.5 Å². The topological polar surface area (TPSA) is 84.3 Å². The SMILES string of the molecule is CC(C)c1cc(Nc2nc3cc(Oc4ccnc(NC(=O)CCC5CCN(C)CC5)c4)ccc3n2C)ccc1Cl. The van der Waals surface area contributed by atoms with E-state index in [-0.39, 0.29) is 5.91 Å². The van der Waals surface area contributed by atoms with Gasteiger partial charge in [0.15, 0.2) is 0 Å². The van der Waals surface area contributed by atoms with Gasteiger partial charge in [-0.3, -0.25) is 4.79 Å². The minimum absolute atomic E-state index is 0.0142. The second-order valence-corrected chi connectivity index (χ2v) is 11.4. The molecule has 8 nitrogen and oxygen atoms in total. The molecule has 5 rings (SSSR count). The summed E-state index contributed by atoms with van der Waals surface area (Å²) in [5.41, 5.74) is 3.80. The summed E-state index contributed by atoms with van der Waals surface area (Å²) in [5.74, 6) is 3.37. The van der Waals surface area contributed by atoms with Crippen LogP contribution >= 0.6 is 11.6 Å². The van der Waals surface area contributed by atoms with E-state index in [4.69, 9.17) is 21.3 Å². The van der Waals surface area contributed by atoms with Crippen molar-refractivity contribution >= 4 is 46.0 Å². The highest BCUT2D eigenvalue weighted by molar-refractivity contribution is 6.31. The number of likely N-dealkylation sites (tertiary alicyclic amines) is 1. The molecule has 3 heterocycles. The van der Waals surface area contributed by atoms with Crippen LogP contribution in [0.3, 0.4) is 0 Å². The molecule has 9 heteroatoms. The molecule has 0 aliphatic carbocycles. The predicted molar refractivity (Wildman–Crippen MR) is 162 cm³/mol. The predicted octanol–water partition coefficient (Wildman–Crippen LogP) is 7.34. The summed E-state index contributed by atoms with van der Waals surface area (Å²) < 4.78 is 8.12. The summed E-state index contributed by atoms with van der Waals surface area (Å²) in [6.07, 6.45) is 5.37. The molecule has 0 spiro atoms. The number of carbonyl (C=O) groups is 1. The molecule has 1 aliphatic rings. The molecule has 2 aromatic carbocycles. The zero-order valence-corrected chi connectivity index (χ0v) is 24.3. The van der Waals surface area contributed by atoms with Crippen LogP contribution in [0.15, 0.2) is 54.7 Å². The number of imidazole rings is 1. The van der Waals surface area contributed by atoms with E-state index in [0.717, 1.165) is 65.6 Å². The number of halogens is 1. The number of aromatic nitrogens is 3. The lowest BCUT2D eigenvalue weighted by molar-refractivity contribution is -0.116. The van der Waals surface area contributed by atoms with Crippen LogP contribution in [0.25, 0.3) is 11.0 Å². The zero-order valence-electron chi connectivity index (χ0n) is 23.6. The van der Waals surface area contributed by atoms with Crippen LogP contribution in [0.5, 0.6) is 11.5 Å². The zero-order chi connectivity index (χ0) is 28.2. The van der Waals surface area contributed by atoms with Crippen LogP contribution in [-0.2, 0) is 11.8 Å². The molecule has 0 unspecified atom stereocenters. The Bertz CT molecular complexity index is 1490. The number of hydrogen-bond acceptors (Lipinski definition) is 6. The van der Waals surface area contributed by atoms with Crippen LogP contribution in [0.1, 0.15) is 51.0 Å². The van der Waals surface area contributed by atoms with Gasteiger partial charge in [-0.25, -0.2) is 9.97 Å². The Morgan fingerprint density at radius 1 is 1.07 bits per heavy atom. The number of piperidine rings is 1. The number of carbonyl (C=O) groups excluding carboxylic acids is 1. The largest absolute Gasteiger partial charge is 0.457 e. The first kappa shape index (κ1) is 27.9. The van der Waals surface area contributed by atoms with Crippen LogP contribution in [0, 0.1) is 5.92 Å². The Morgan fingerprint density at radius 3 is 2.62 bits per heavy atom. The minimum Gasteiger partial charge on any atom is -0.457 e. The molecule has 1 amide bonds. The van der Waals surface area contributed by atoms with E-state index < -0.39 is 0 Å². The van der Waals surface area contributed by atoms with Crippen LogP contribution < -0.4 is 15.4 Å². The number of benzene rings is 2. The number of nitrogens with one attached hydrogen (secondary N) is 2. The molecule has 1 aliphatic heterocycles. The monoisotopic (exact) mass is 560 g/mol. The normalized spacial score (nSPS) is 14.6. The van der Waals surface area contributed by atoms with E-state index >= 15 is 0 Å². The number of anilines is 3. The summed E-state index contributed by atoms with van der Waals surface area (Å²) >= 11 is 6.37. The fourth-order valence-electron chi connectivity index (χ4n) is 5.12. The minimum atomic E-state index is -0.0142. The van der Waals surface area contributed by atoms with E-state index in [2.05, 4.69) is 47.5 Å². The molecule has 210 valence electrons. The average molecular weight is 561 g/mol. The van der Waals surface area contributed by atoms with Crippen molar-refractivity contribution in [2.45, 2.75) is 45.4 Å². The number of pyridine rings is 1. The maximum absolute atomic E-state index is 12.5. The molecule has 2 aromatic heterocycles. The van der Waals surface area contributed by atoms with Gasteiger partial charge in [0.2, 0.25) is 11.9 Å². The molecular formula is C31H37ClN6O2. The summed E-state index contributed by atoms with van der Waals surface area (Å²) in [6, 6.07) is 15.3. The van der Waals surface area contributed by atoms with Crippen molar-refractivity contribution < 1.29 is 9.53 Å².